The molecule has 10 nitrogen and oxygen atoms in total. The molecule has 3 N–H and O–H groups in total. The quantitative estimate of drug-likeness (QED) is 0.116. The molecule has 13 heteroatoms. The number of aromatic hydroxyl groups is 1. The number of thioether (sulfide) groups is 1. The summed E-state index contributed by atoms with van der Waals surface area (Å²) in [5.41, 5.74) is 4.57. The number of likely N-dealkylation sites (tertiary alicyclic amines) is 1. The lowest BCUT2D eigenvalue weighted by atomic mass is 9.92. The zero-order valence-electron chi connectivity index (χ0n) is 29.3. The van der Waals surface area contributed by atoms with Gasteiger partial charge in [0, 0.05) is 46.3 Å². The SMILES string of the molecule is CSCC(C)(C)c1cc(NC(=O)NCc2ccccc2Sc2ccc3nnc(-c4cc(F)ccc4O)n3c2)n(-c2cccc(CN3CCCC3)c2)n1. The number of halogens is 1. The van der Waals surface area contributed by atoms with E-state index in [-0.39, 0.29) is 29.3 Å². The normalized spacial score (nSPS) is 13.5. The molecule has 3 aromatic heterocycles. The van der Waals surface area contributed by atoms with Crippen molar-refractivity contribution in [3.05, 3.63) is 114 Å². The van der Waals surface area contributed by atoms with Crippen molar-refractivity contribution in [2.45, 2.75) is 55.0 Å². The number of phenolic OH excluding ortho intramolecular Hbond substituents is 1. The number of carbonyl (C=O) groups is 1. The van der Waals surface area contributed by atoms with Crippen molar-refractivity contribution >= 4 is 41.0 Å². The number of fused-ring (bicyclic) bond motifs is 1. The summed E-state index contributed by atoms with van der Waals surface area (Å²) < 4.78 is 17.6. The van der Waals surface area contributed by atoms with E-state index in [0.717, 1.165) is 52.1 Å². The standard InChI is InChI=1S/C39H41FN8O2S2/c1-39(2,25-51-3)34-21-36(48(45-34)29-11-8-9-26(19-29)23-46-17-6-7-18-46)42-38(50)41-22-27-10-4-5-12-33(27)52-30-14-16-35-43-44-37(47(35)24-30)31-20-28(40)13-15-32(31)49/h4-5,8-16,19-21,24,49H,6-7,17-18,22-23,25H2,1-3H3,(H2,41,42,50). The van der Waals surface area contributed by atoms with Crippen LogP contribution in [0.4, 0.5) is 15.0 Å². The smallest absolute Gasteiger partial charge is 0.320 e. The highest BCUT2D eigenvalue weighted by Crippen LogP contribution is 2.34. The Morgan fingerprint density at radius 3 is 2.63 bits per heavy atom. The minimum Gasteiger partial charge on any atom is -0.507 e. The second-order valence-electron chi connectivity index (χ2n) is 13.6. The number of rotatable bonds is 12. The largest absolute Gasteiger partial charge is 0.507 e. The molecule has 0 saturated carbocycles. The Kier molecular flexibility index (Phi) is 10.5. The lowest BCUT2D eigenvalue weighted by Gasteiger charge is -2.20. The first-order valence-electron chi connectivity index (χ1n) is 17.2. The fourth-order valence-corrected chi connectivity index (χ4v) is 8.27. The van der Waals surface area contributed by atoms with E-state index in [1.165, 1.54) is 48.4 Å². The molecule has 0 aliphatic carbocycles. The highest BCUT2D eigenvalue weighted by atomic mass is 32.2. The molecule has 7 rings (SSSR count). The minimum absolute atomic E-state index is 0.0857. The number of pyridine rings is 1. The molecule has 268 valence electrons. The zero-order chi connectivity index (χ0) is 36.2. The maximum absolute atomic E-state index is 14.0. The summed E-state index contributed by atoms with van der Waals surface area (Å²) in [4.78, 5) is 17.8. The van der Waals surface area contributed by atoms with Gasteiger partial charge in [0.2, 0.25) is 0 Å². The third kappa shape index (κ3) is 7.96. The lowest BCUT2D eigenvalue weighted by molar-refractivity contribution is 0.251. The predicted molar refractivity (Wildman–Crippen MR) is 206 cm³/mol. The molecule has 52 heavy (non-hydrogen) atoms. The van der Waals surface area contributed by atoms with E-state index >= 15 is 0 Å². The Bertz CT molecular complexity index is 2210. The van der Waals surface area contributed by atoms with Crippen LogP contribution < -0.4 is 10.6 Å². The van der Waals surface area contributed by atoms with E-state index in [2.05, 4.69) is 64.0 Å². The van der Waals surface area contributed by atoms with Gasteiger partial charge in [-0.15, -0.1) is 10.2 Å². The van der Waals surface area contributed by atoms with Crippen LogP contribution in [-0.2, 0) is 18.5 Å². The summed E-state index contributed by atoms with van der Waals surface area (Å²) in [5, 5.41) is 30.0. The van der Waals surface area contributed by atoms with Crippen molar-refractivity contribution in [3.8, 4) is 22.8 Å². The van der Waals surface area contributed by atoms with Gasteiger partial charge < -0.3 is 10.4 Å². The van der Waals surface area contributed by atoms with Gasteiger partial charge in [-0.25, -0.2) is 13.9 Å². The van der Waals surface area contributed by atoms with Gasteiger partial charge in [-0.1, -0.05) is 55.9 Å². The summed E-state index contributed by atoms with van der Waals surface area (Å²) in [7, 11) is 0. The van der Waals surface area contributed by atoms with E-state index < -0.39 is 5.82 Å². The van der Waals surface area contributed by atoms with Crippen molar-refractivity contribution in [2.24, 2.45) is 0 Å². The molecule has 0 unspecified atom stereocenters. The van der Waals surface area contributed by atoms with E-state index in [1.807, 2.05) is 59.4 Å². The van der Waals surface area contributed by atoms with E-state index in [0.29, 0.717) is 17.3 Å². The third-order valence-electron chi connectivity index (χ3n) is 9.12. The first-order chi connectivity index (χ1) is 25.2. The van der Waals surface area contributed by atoms with Crippen molar-refractivity contribution < 1.29 is 14.3 Å². The molecule has 0 spiro atoms. The number of nitrogens with zero attached hydrogens (tertiary/aromatic N) is 6. The topological polar surface area (TPSA) is 113 Å². The van der Waals surface area contributed by atoms with Crippen LogP contribution in [0.5, 0.6) is 5.75 Å². The van der Waals surface area contributed by atoms with E-state index in [9.17, 15) is 14.3 Å². The highest BCUT2D eigenvalue weighted by molar-refractivity contribution is 7.99. The number of urea groups is 1. The molecule has 3 aromatic carbocycles. The van der Waals surface area contributed by atoms with Gasteiger partial charge in [-0.2, -0.15) is 16.9 Å². The molecule has 1 aliphatic rings. The van der Waals surface area contributed by atoms with Gasteiger partial charge in [0.05, 0.1) is 16.9 Å². The number of carbonyl (C=O) groups excluding carboxylic acids is 1. The minimum atomic E-state index is -0.480. The Morgan fingerprint density at radius 1 is 0.981 bits per heavy atom. The van der Waals surface area contributed by atoms with Gasteiger partial charge in [0.15, 0.2) is 11.5 Å². The molecule has 1 aliphatic heterocycles. The average Bonchev–Trinajstić information content (AvgIpc) is 3.90. The van der Waals surface area contributed by atoms with Gasteiger partial charge >= 0.3 is 6.03 Å². The molecular formula is C39H41FN8O2S2. The molecule has 1 fully saturated rings. The average molecular weight is 737 g/mol. The summed E-state index contributed by atoms with van der Waals surface area (Å²) >= 11 is 3.29. The number of nitrogens with one attached hydrogen (secondary N) is 2. The molecular weight excluding hydrogens is 696 g/mol. The Labute approximate surface area is 310 Å². The monoisotopic (exact) mass is 736 g/mol. The van der Waals surface area contributed by atoms with Gasteiger partial charge in [0.25, 0.3) is 0 Å². The Morgan fingerprint density at radius 2 is 1.81 bits per heavy atom. The molecule has 0 bridgehead atoms. The van der Waals surface area contributed by atoms with Crippen molar-refractivity contribution in [2.75, 3.05) is 30.4 Å². The number of benzene rings is 3. The molecule has 1 saturated heterocycles. The maximum Gasteiger partial charge on any atom is 0.320 e. The summed E-state index contributed by atoms with van der Waals surface area (Å²) in [6.07, 6.45) is 6.42. The predicted octanol–water partition coefficient (Wildman–Crippen LogP) is 8.14. The number of aromatic nitrogens is 5. The van der Waals surface area contributed by atoms with Crippen molar-refractivity contribution in [1.29, 1.82) is 0 Å². The number of hydrogen-bond acceptors (Lipinski definition) is 8. The van der Waals surface area contributed by atoms with Crippen LogP contribution in [0.15, 0.2) is 101 Å². The second kappa shape index (κ2) is 15.4. The Hall–Kier alpha value is -4.85. The number of amides is 2. The van der Waals surface area contributed by atoms with Crippen LogP contribution in [0.3, 0.4) is 0 Å². The van der Waals surface area contributed by atoms with Crippen LogP contribution in [0, 0.1) is 5.82 Å². The maximum atomic E-state index is 14.0. The van der Waals surface area contributed by atoms with Crippen LogP contribution in [0.25, 0.3) is 22.7 Å². The van der Waals surface area contributed by atoms with Gasteiger partial charge in [0.1, 0.15) is 17.4 Å². The van der Waals surface area contributed by atoms with Crippen molar-refractivity contribution in [3.63, 3.8) is 0 Å². The zero-order valence-corrected chi connectivity index (χ0v) is 31.0. The highest BCUT2D eigenvalue weighted by Gasteiger charge is 2.26. The van der Waals surface area contributed by atoms with Gasteiger partial charge in [-0.05, 0) is 91.8 Å². The first kappa shape index (κ1) is 35.5. The number of anilines is 1. The number of hydrogen-bond donors (Lipinski definition) is 3. The second-order valence-corrected chi connectivity index (χ2v) is 15.6. The third-order valence-corrected chi connectivity index (χ3v) is 11.2. The molecule has 4 heterocycles. The molecule has 2 amide bonds. The van der Waals surface area contributed by atoms with Crippen LogP contribution >= 0.6 is 23.5 Å². The fraction of sp³-hybridized carbons (Fsp3) is 0.282. The molecule has 0 atom stereocenters. The van der Waals surface area contributed by atoms with Crippen LogP contribution in [0.1, 0.15) is 43.5 Å². The summed E-state index contributed by atoms with van der Waals surface area (Å²) in [5.74, 6) is 1.26. The summed E-state index contributed by atoms with van der Waals surface area (Å²) in [6, 6.07) is 25.4. The molecule has 6 aromatic rings. The van der Waals surface area contributed by atoms with Crippen molar-refractivity contribution in [1.82, 2.24) is 34.6 Å². The van der Waals surface area contributed by atoms with E-state index in [1.54, 1.807) is 16.2 Å². The lowest BCUT2D eigenvalue weighted by Crippen LogP contribution is -2.29. The van der Waals surface area contributed by atoms with E-state index in [4.69, 9.17) is 5.10 Å². The van der Waals surface area contributed by atoms with Crippen LogP contribution in [0.2, 0.25) is 0 Å². The number of phenols is 1. The fourth-order valence-electron chi connectivity index (χ4n) is 6.43. The molecule has 0 radical (unpaired) electrons. The van der Waals surface area contributed by atoms with Gasteiger partial charge in [-0.3, -0.25) is 14.6 Å². The Balaban J connectivity index is 1.09. The summed E-state index contributed by atoms with van der Waals surface area (Å²) in [6.45, 7) is 7.76. The van der Waals surface area contributed by atoms with Crippen LogP contribution in [-0.4, -0.2) is 65.5 Å². The first-order valence-corrected chi connectivity index (χ1v) is 19.4.